The normalized spacial score (nSPS) is 16.8. The molecule has 1 unspecified atom stereocenters. The van der Waals surface area contributed by atoms with Crippen LogP contribution in [0.25, 0.3) is 0 Å². The number of Topliss-reactive ketones (excluding diaryl/α,β-unsaturated/α-hetero) is 1. The third kappa shape index (κ3) is 3.39. The Hall–Kier alpha value is -2.93. The number of thioether (sulfide) groups is 1. The van der Waals surface area contributed by atoms with Gasteiger partial charge >= 0.3 is 5.97 Å². The van der Waals surface area contributed by atoms with E-state index < -0.39 is 17.1 Å². The number of carbonyl (C=O) groups is 4. The summed E-state index contributed by atoms with van der Waals surface area (Å²) in [5.74, 6) is -2.04. The summed E-state index contributed by atoms with van der Waals surface area (Å²) in [5, 5.41) is 8.56. The third-order valence-corrected chi connectivity index (χ3v) is 5.27. The Morgan fingerprint density at radius 3 is 2.54 bits per heavy atom. The molecule has 26 heavy (non-hydrogen) atoms. The molecule has 7 heteroatoms. The molecule has 132 valence electrons. The Labute approximate surface area is 153 Å². The average molecular weight is 369 g/mol. The van der Waals surface area contributed by atoms with Crippen LogP contribution >= 0.6 is 11.8 Å². The van der Waals surface area contributed by atoms with Crippen LogP contribution in [0.2, 0.25) is 0 Å². The van der Waals surface area contributed by atoms with Gasteiger partial charge in [0, 0.05) is 16.9 Å². The smallest absolute Gasteiger partial charge is 0.336 e. The van der Waals surface area contributed by atoms with Gasteiger partial charge in [0.25, 0.3) is 0 Å². The maximum Gasteiger partial charge on any atom is 0.336 e. The van der Waals surface area contributed by atoms with Crippen LogP contribution in [0, 0.1) is 0 Å². The van der Waals surface area contributed by atoms with Gasteiger partial charge in [-0.3, -0.25) is 14.4 Å². The van der Waals surface area contributed by atoms with Crippen molar-refractivity contribution >= 4 is 41.0 Å². The molecule has 1 N–H and O–H groups in total. The van der Waals surface area contributed by atoms with Crippen molar-refractivity contribution in [3.05, 3.63) is 59.7 Å². The molecule has 6 nitrogen and oxygen atoms in total. The molecule has 0 aliphatic carbocycles. The van der Waals surface area contributed by atoms with Crippen molar-refractivity contribution < 1.29 is 24.3 Å². The van der Waals surface area contributed by atoms with Gasteiger partial charge in [-0.2, -0.15) is 0 Å². The summed E-state index contributed by atoms with van der Waals surface area (Å²) >= 11 is 1.07. The lowest BCUT2D eigenvalue weighted by Crippen LogP contribution is -2.31. The summed E-state index contributed by atoms with van der Waals surface area (Å²) < 4.78 is 0. The molecule has 1 atom stereocenters. The number of anilines is 1. The highest BCUT2D eigenvalue weighted by molar-refractivity contribution is 8.00. The Bertz CT molecular complexity index is 924. The SMILES string of the molecule is CC(=O)c1cccc(N2C(=O)CC(Sc3ccccc3C(=O)O)C2=O)c1. The standard InChI is InChI=1S/C19H15NO5S/c1-11(21)12-5-4-6-13(9-12)20-17(22)10-16(18(20)23)26-15-8-3-2-7-14(15)19(24)25/h2-9,16H,10H2,1H3,(H,24,25). The van der Waals surface area contributed by atoms with Gasteiger partial charge in [-0.15, -0.1) is 11.8 Å². The predicted molar refractivity (Wildman–Crippen MR) is 96.6 cm³/mol. The lowest BCUT2D eigenvalue weighted by Gasteiger charge is -2.16. The number of carboxylic acids is 1. The fraction of sp³-hybridized carbons (Fsp3) is 0.158. The lowest BCUT2D eigenvalue weighted by molar-refractivity contribution is -0.121. The monoisotopic (exact) mass is 369 g/mol. The minimum Gasteiger partial charge on any atom is -0.478 e. The molecular formula is C19H15NO5S. The number of carboxylic acid groups (broad SMARTS) is 1. The van der Waals surface area contributed by atoms with E-state index in [1.165, 1.54) is 19.1 Å². The molecule has 0 saturated carbocycles. The van der Waals surface area contributed by atoms with Crippen LogP contribution in [0.15, 0.2) is 53.4 Å². The second kappa shape index (κ2) is 7.13. The maximum absolute atomic E-state index is 12.7. The molecule has 3 rings (SSSR count). The van der Waals surface area contributed by atoms with Crippen molar-refractivity contribution in [3.63, 3.8) is 0 Å². The molecule has 0 bridgehead atoms. The van der Waals surface area contributed by atoms with Crippen LogP contribution in [-0.2, 0) is 9.59 Å². The van der Waals surface area contributed by atoms with Crippen molar-refractivity contribution in [3.8, 4) is 0 Å². The zero-order valence-corrected chi connectivity index (χ0v) is 14.7. The molecule has 1 saturated heterocycles. The van der Waals surface area contributed by atoms with E-state index in [4.69, 9.17) is 0 Å². The van der Waals surface area contributed by atoms with E-state index in [0.717, 1.165) is 16.7 Å². The summed E-state index contributed by atoms with van der Waals surface area (Å²) in [4.78, 5) is 49.5. The fourth-order valence-corrected chi connectivity index (χ4v) is 3.91. The van der Waals surface area contributed by atoms with Gasteiger partial charge in [0.05, 0.1) is 16.5 Å². The van der Waals surface area contributed by atoms with Crippen LogP contribution < -0.4 is 4.90 Å². The van der Waals surface area contributed by atoms with E-state index in [2.05, 4.69) is 0 Å². The van der Waals surface area contributed by atoms with Crippen LogP contribution in [0.3, 0.4) is 0 Å². The molecule has 1 aliphatic heterocycles. The number of aromatic carboxylic acids is 1. The van der Waals surface area contributed by atoms with Crippen LogP contribution in [0.4, 0.5) is 5.69 Å². The Morgan fingerprint density at radius 2 is 1.85 bits per heavy atom. The van der Waals surface area contributed by atoms with Gasteiger partial charge in [-0.05, 0) is 31.2 Å². The summed E-state index contributed by atoms with van der Waals surface area (Å²) in [6, 6.07) is 12.7. The molecule has 0 spiro atoms. The summed E-state index contributed by atoms with van der Waals surface area (Å²) in [7, 11) is 0. The number of imide groups is 1. The Morgan fingerprint density at radius 1 is 1.12 bits per heavy atom. The molecular weight excluding hydrogens is 354 g/mol. The van der Waals surface area contributed by atoms with E-state index >= 15 is 0 Å². The number of ketones is 1. The zero-order chi connectivity index (χ0) is 18.8. The van der Waals surface area contributed by atoms with Gasteiger partial charge in [0.2, 0.25) is 11.8 Å². The van der Waals surface area contributed by atoms with Gasteiger partial charge in [-0.1, -0.05) is 24.3 Å². The number of nitrogens with zero attached hydrogens (tertiary/aromatic N) is 1. The van der Waals surface area contributed by atoms with Gasteiger partial charge in [-0.25, -0.2) is 9.69 Å². The van der Waals surface area contributed by atoms with Gasteiger partial charge in [0.1, 0.15) is 0 Å². The largest absolute Gasteiger partial charge is 0.478 e. The number of hydrogen-bond donors (Lipinski definition) is 1. The number of benzene rings is 2. The van der Waals surface area contributed by atoms with E-state index in [1.807, 2.05) is 0 Å². The minimum atomic E-state index is -1.09. The molecule has 2 aromatic carbocycles. The van der Waals surface area contributed by atoms with E-state index in [9.17, 15) is 24.3 Å². The van der Waals surface area contributed by atoms with Crippen molar-refractivity contribution in [2.45, 2.75) is 23.5 Å². The first-order chi connectivity index (χ1) is 12.4. The highest BCUT2D eigenvalue weighted by Gasteiger charge is 2.40. The number of carbonyl (C=O) groups excluding carboxylic acids is 3. The summed E-state index contributed by atoms with van der Waals surface area (Å²) in [6.07, 6.45) is -0.0260. The predicted octanol–water partition coefficient (Wildman–Crippen LogP) is 3.01. The zero-order valence-electron chi connectivity index (χ0n) is 13.8. The number of amides is 2. The number of rotatable bonds is 5. The summed E-state index contributed by atoms with van der Waals surface area (Å²) in [6.45, 7) is 1.41. The van der Waals surface area contributed by atoms with E-state index in [0.29, 0.717) is 16.1 Å². The first kappa shape index (κ1) is 17.9. The van der Waals surface area contributed by atoms with Crippen LogP contribution in [0.5, 0.6) is 0 Å². The highest BCUT2D eigenvalue weighted by atomic mass is 32.2. The van der Waals surface area contributed by atoms with Crippen molar-refractivity contribution in [2.75, 3.05) is 4.90 Å². The van der Waals surface area contributed by atoms with Gasteiger partial charge < -0.3 is 5.11 Å². The third-order valence-electron chi connectivity index (χ3n) is 4.00. The lowest BCUT2D eigenvalue weighted by atomic mass is 10.1. The van der Waals surface area contributed by atoms with Gasteiger partial charge in [0.15, 0.2) is 5.78 Å². The molecule has 0 aromatic heterocycles. The fourth-order valence-electron chi connectivity index (χ4n) is 2.73. The maximum atomic E-state index is 12.7. The molecule has 0 radical (unpaired) electrons. The van der Waals surface area contributed by atoms with E-state index in [1.54, 1.807) is 36.4 Å². The van der Waals surface area contributed by atoms with Crippen molar-refractivity contribution in [1.82, 2.24) is 0 Å². The second-order valence-corrected chi connectivity index (χ2v) is 7.03. The average Bonchev–Trinajstić information content (AvgIpc) is 2.89. The van der Waals surface area contributed by atoms with Crippen LogP contribution in [0.1, 0.15) is 34.1 Å². The second-order valence-electron chi connectivity index (χ2n) is 5.79. The Kier molecular flexibility index (Phi) is 4.90. The topological polar surface area (TPSA) is 91.8 Å². The Balaban J connectivity index is 1.87. The van der Waals surface area contributed by atoms with Crippen LogP contribution in [-0.4, -0.2) is 33.9 Å². The van der Waals surface area contributed by atoms with Crippen molar-refractivity contribution in [2.24, 2.45) is 0 Å². The molecule has 2 amide bonds. The first-order valence-corrected chi connectivity index (χ1v) is 8.73. The molecule has 2 aromatic rings. The highest BCUT2D eigenvalue weighted by Crippen LogP contribution is 2.35. The number of hydrogen-bond acceptors (Lipinski definition) is 5. The van der Waals surface area contributed by atoms with E-state index in [-0.39, 0.29) is 23.7 Å². The molecule has 1 aliphatic rings. The first-order valence-electron chi connectivity index (χ1n) is 7.85. The summed E-state index contributed by atoms with van der Waals surface area (Å²) in [5.41, 5.74) is 0.854. The minimum absolute atomic E-state index is 0.0260. The van der Waals surface area contributed by atoms with Crippen molar-refractivity contribution in [1.29, 1.82) is 0 Å². The molecule has 1 fully saturated rings. The quantitative estimate of drug-likeness (QED) is 0.643. The molecule has 1 heterocycles.